The highest BCUT2D eigenvalue weighted by Crippen LogP contribution is 2.20. The van der Waals surface area contributed by atoms with Crippen LogP contribution >= 0.6 is 23.2 Å². The molecule has 0 fully saturated rings. The van der Waals surface area contributed by atoms with Crippen molar-refractivity contribution >= 4 is 23.2 Å². The molecule has 0 aliphatic carbocycles. The van der Waals surface area contributed by atoms with Gasteiger partial charge in [-0.1, -0.05) is 35.8 Å². The van der Waals surface area contributed by atoms with E-state index < -0.39 is 5.82 Å². The lowest BCUT2D eigenvalue weighted by Gasteiger charge is -2.13. The Labute approximate surface area is 98.9 Å². The summed E-state index contributed by atoms with van der Waals surface area (Å²) < 4.78 is 13.1. The fourth-order valence-electron chi connectivity index (χ4n) is 1.16. The first-order chi connectivity index (χ1) is 7.00. The van der Waals surface area contributed by atoms with Crippen LogP contribution in [0.4, 0.5) is 4.39 Å². The van der Waals surface area contributed by atoms with Crippen molar-refractivity contribution in [3.8, 4) is 0 Å². The lowest BCUT2D eigenvalue weighted by atomic mass is 10.1. The Morgan fingerprint density at radius 2 is 2.27 bits per heavy atom. The molecule has 0 heterocycles. The number of nitrogens with one attached hydrogen (secondary N) is 1. The second-order valence-corrected chi connectivity index (χ2v) is 4.24. The maximum Gasteiger partial charge on any atom is 0.142 e. The van der Waals surface area contributed by atoms with Gasteiger partial charge in [-0.15, -0.1) is 0 Å². The van der Waals surface area contributed by atoms with Crippen LogP contribution in [0.25, 0.3) is 0 Å². The van der Waals surface area contributed by atoms with Gasteiger partial charge in [-0.25, -0.2) is 4.39 Å². The van der Waals surface area contributed by atoms with Gasteiger partial charge in [-0.05, 0) is 24.6 Å². The molecule has 82 valence electrons. The van der Waals surface area contributed by atoms with Crippen LogP contribution in [0.1, 0.15) is 18.5 Å². The van der Waals surface area contributed by atoms with Gasteiger partial charge in [0, 0.05) is 17.6 Å². The smallest absolute Gasteiger partial charge is 0.142 e. The fraction of sp³-hybridized carbons (Fsp3) is 0.273. The zero-order valence-electron chi connectivity index (χ0n) is 8.36. The molecule has 1 aromatic carbocycles. The van der Waals surface area contributed by atoms with Crippen LogP contribution in [-0.2, 0) is 0 Å². The van der Waals surface area contributed by atoms with E-state index in [4.69, 9.17) is 23.2 Å². The fourth-order valence-corrected chi connectivity index (χ4v) is 1.36. The lowest BCUT2D eigenvalue weighted by molar-refractivity contribution is 0.593. The molecule has 4 heteroatoms. The van der Waals surface area contributed by atoms with Gasteiger partial charge in [-0.2, -0.15) is 0 Å². The largest absolute Gasteiger partial charge is 0.305 e. The van der Waals surface area contributed by atoms with E-state index in [9.17, 15) is 4.39 Å². The Morgan fingerprint density at radius 1 is 1.60 bits per heavy atom. The molecule has 1 aromatic rings. The molecule has 0 spiro atoms. The zero-order chi connectivity index (χ0) is 11.4. The number of hydrogen-bond acceptors (Lipinski definition) is 1. The third kappa shape index (κ3) is 3.82. The Bertz CT molecular complexity index is 366. The summed E-state index contributed by atoms with van der Waals surface area (Å²) in [5, 5.41) is 3.76. The molecule has 0 saturated heterocycles. The first-order valence-electron chi connectivity index (χ1n) is 4.52. The molecule has 1 atom stereocenters. The quantitative estimate of drug-likeness (QED) is 0.852. The van der Waals surface area contributed by atoms with E-state index in [1.807, 2.05) is 6.92 Å². The molecule has 1 rings (SSSR count). The first-order valence-corrected chi connectivity index (χ1v) is 5.28. The highest BCUT2D eigenvalue weighted by molar-refractivity contribution is 6.30. The minimum atomic E-state index is -0.410. The second-order valence-electron chi connectivity index (χ2n) is 3.29. The minimum Gasteiger partial charge on any atom is -0.305 e. The van der Waals surface area contributed by atoms with Gasteiger partial charge in [-0.3, -0.25) is 0 Å². The van der Waals surface area contributed by atoms with E-state index in [-0.39, 0.29) is 11.1 Å². The summed E-state index contributed by atoms with van der Waals surface area (Å²) >= 11 is 11.2. The molecule has 0 amide bonds. The van der Waals surface area contributed by atoms with Crippen LogP contribution in [0.15, 0.2) is 29.8 Å². The molecule has 0 radical (unpaired) electrons. The van der Waals surface area contributed by atoms with Crippen LogP contribution in [0.5, 0.6) is 0 Å². The lowest BCUT2D eigenvalue weighted by Crippen LogP contribution is -2.19. The summed E-state index contributed by atoms with van der Waals surface area (Å²) in [5.74, 6) is -0.410. The van der Waals surface area contributed by atoms with Crippen molar-refractivity contribution in [2.24, 2.45) is 0 Å². The molecule has 15 heavy (non-hydrogen) atoms. The summed E-state index contributed by atoms with van der Waals surface area (Å²) in [7, 11) is 0. The molecular weight excluding hydrogens is 236 g/mol. The van der Waals surface area contributed by atoms with Gasteiger partial charge in [0.2, 0.25) is 0 Å². The van der Waals surface area contributed by atoms with E-state index in [1.54, 1.807) is 12.1 Å². The SMILES string of the molecule is C=C(Cl)CNC(C)c1ccc(Cl)c(F)c1. The van der Waals surface area contributed by atoms with E-state index in [0.29, 0.717) is 11.6 Å². The van der Waals surface area contributed by atoms with Gasteiger partial charge in [0.1, 0.15) is 5.82 Å². The highest BCUT2D eigenvalue weighted by atomic mass is 35.5. The van der Waals surface area contributed by atoms with Crippen molar-refractivity contribution in [2.45, 2.75) is 13.0 Å². The van der Waals surface area contributed by atoms with Crippen LogP contribution in [0.2, 0.25) is 5.02 Å². The summed E-state index contributed by atoms with van der Waals surface area (Å²) in [6, 6.07) is 4.74. The van der Waals surface area contributed by atoms with E-state index in [1.165, 1.54) is 6.07 Å². The highest BCUT2D eigenvalue weighted by Gasteiger charge is 2.07. The summed E-state index contributed by atoms with van der Waals surface area (Å²) in [4.78, 5) is 0. The molecule has 1 N–H and O–H groups in total. The summed E-state index contributed by atoms with van der Waals surface area (Å²) in [5.41, 5.74) is 0.829. The van der Waals surface area contributed by atoms with Gasteiger partial charge in [0.15, 0.2) is 0 Å². The summed E-state index contributed by atoms with van der Waals surface area (Å²) in [6.07, 6.45) is 0. The normalized spacial score (nSPS) is 12.5. The number of hydrogen-bond donors (Lipinski definition) is 1. The molecule has 0 aliphatic heterocycles. The van der Waals surface area contributed by atoms with Crippen LogP contribution < -0.4 is 5.32 Å². The number of benzene rings is 1. The minimum absolute atomic E-state index is 0.00673. The molecule has 0 saturated carbocycles. The van der Waals surface area contributed by atoms with Gasteiger partial charge < -0.3 is 5.32 Å². The maximum absolute atomic E-state index is 13.1. The maximum atomic E-state index is 13.1. The monoisotopic (exact) mass is 247 g/mol. The molecular formula is C11H12Cl2FN. The third-order valence-corrected chi connectivity index (χ3v) is 2.48. The van der Waals surface area contributed by atoms with E-state index >= 15 is 0 Å². The molecule has 1 unspecified atom stereocenters. The number of halogens is 3. The molecule has 0 aliphatic rings. The summed E-state index contributed by atoms with van der Waals surface area (Å²) in [6.45, 7) is 5.97. The average Bonchev–Trinajstić information content (AvgIpc) is 2.18. The molecule has 0 aromatic heterocycles. The Balaban J connectivity index is 2.69. The zero-order valence-corrected chi connectivity index (χ0v) is 9.87. The number of rotatable bonds is 4. The van der Waals surface area contributed by atoms with Crippen LogP contribution in [0, 0.1) is 5.82 Å². The van der Waals surface area contributed by atoms with E-state index in [0.717, 1.165) is 5.56 Å². The van der Waals surface area contributed by atoms with Crippen molar-refractivity contribution in [1.29, 1.82) is 0 Å². The Morgan fingerprint density at radius 3 is 2.80 bits per heavy atom. The third-order valence-electron chi connectivity index (χ3n) is 2.04. The van der Waals surface area contributed by atoms with Crippen molar-refractivity contribution < 1.29 is 4.39 Å². The first kappa shape index (κ1) is 12.5. The van der Waals surface area contributed by atoms with Crippen molar-refractivity contribution in [3.05, 3.63) is 46.2 Å². The van der Waals surface area contributed by atoms with Crippen molar-refractivity contribution in [3.63, 3.8) is 0 Å². The van der Waals surface area contributed by atoms with Crippen molar-refractivity contribution in [1.82, 2.24) is 5.32 Å². The second kappa shape index (κ2) is 5.50. The predicted molar refractivity (Wildman–Crippen MR) is 62.8 cm³/mol. The standard InChI is InChI=1S/C11H12Cl2FN/c1-7(12)6-15-8(2)9-3-4-10(13)11(14)5-9/h3-5,8,15H,1,6H2,2H3. The van der Waals surface area contributed by atoms with Crippen LogP contribution in [-0.4, -0.2) is 6.54 Å². The van der Waals surface area contributed by atoms with Gasteiger partial charge in [0.25, 0.3) is 0 Å². The van der Waals surface area contributed by atoms with Crippen LogP contribution in [0.3, 0.4) is 0 Å². The Kier molecular flexibility index (Phi) is 4.58. The Hall–Kier alpha value is -0.570. The van der Waals surface area contributed by atoms with Gasteiger partial charge in [0.05, 0.1) is 5.02 Å². The molecule has 0 bridgehead atoms. The average molecular weight is 248 g/mol. The topological polar surface area (TPSA) is 12.0 Å². The van der Waals surface area contributed by atoms with Crippen molar-refractivity contribution in [2.75, 3.05) is 6.54 Å². The van der Waals surface area contributed by atoms with E-state index in [2.05, 4.69) is 11.9 Å². The molecule has 1 nitrogen and oxygen atoms in total. The predicted octanol–water partition coefficient (Wildman–Crippen LogP) is 3.88. The van der Waals surface area contributed by atoms with Gasteiger partial charge >= 0.3 is 0 Å².